The summed E-state index contributed by atoms with van der Waals surface area (Å²) in [6.45, 7) is 7.72. The largest absolute Gasteiger partial charge is 0.444 e. The first-order valence-corrected chi connectivity index (χ1v) is 7.08. The fraction of sp³-hybridized carbons (Fsp3) is 0.929. The number of carbonyl (C=O) groups excluding carboxylic acids is 1. The molecule has 1 unspecified atom stereocenters. The van der Waals surface area contributed by atoms with Crippen molar-refractivity contribution in [2.45, 2.75) is 51.2 Å². The minimum absolute atomic E-state index is 0.124. The maximum Gasteiger partial charge on any atom is 0.410 e. The Bertz CT molecular complexity index is 331. The minimum atomic E-state index is -0.485. The Balaban J connectivity index is 2.16. The molecule has 0 saturated carbocycles. The van der Waals surface area contributed by atoms with Crippen molar-refractivity contribution < 1.29 is 19.4 Å². The van der Waals surface area contributed by atoms with Crippen LogP contribution in [0.4, 0.5) is 4.79 Å². The Morgan fingerprint density at radius 1 is 1.42 bits per heavy atom. The smallest absolute Gasteiger partial charge is 0.410 e. The normalized spacial score (nSPS) is 26.7. The Morgan fingerprint density at radius 3 is 2.58 bits per heavy atom. The Kier molecular flexibility index (Phi) is 4.06. The topological polar surface area (TPSA) is 59.0 Å². The van der Waals surface area contributed by atoms with E-state index in [-0.39, 0.29) is 24.2 Å². The van der Waals surface area contributed by atoms with E-state index in [1.165, 1.54) is 0 Å². The number of carbonyl (C=O) groups is 1. The SMILES string of the molecule is CC(C)(C)OC(=O)N1CCC(CO)C12CCOCC2. The van der Waals surface area contributed by atoms with Crippen molar-refractivity contribution in [2.24, 2.45) is 5.92 Å². The number of hydrogen-bond donors (Lipinski definition) is 1. The highest BCUT2D eigenvalue weighted by Gasteiger charge is 2.52. The molecule has 2 rings (SSSR count). The first-order chi connectivity index (χ1) is 8.89. The van der Waals surface area contributed by atoms with Crippen LogP contribution in [-0.2, 0) is 9.47 Å². The molecule has 0 aromatic carbocycles. The first kappa shape index (κ1) is 14.6. The second-order valence-electron chi connectivity index (χ2n) is 6.52. The summed E-state index contributed by atoms with van der Waals surface area (Å²) < 4.78 is 10.9. The summed E-state index contributed by atoms with van der Waals surface area (Å²) in [5.41, 5.74) is -0.754. The molecule has 2 fully saturated rings. The Labute approximate surface area is 114 Å². The van der Waals surface area contributed by atoms with Crippen molar-refractivity contribution in [3.63, 3.8) is 0 Å². The number of ether oxygens (including phenoxy) is 2. The van der Waals surface area contributed by atoms with Crippen LogP contribution in [0.3, 0.4) is 0 Å². The quantitative estimate of drug-likeness (QED) is 0.790. The summed E-state index contributed by atoms with van der Waals surface area (Å²) in [5, 5.41) is 9.60. The van der Waals surface area contributed by atoms with Crippen molar-refractivity contribution in [3.05, 3.63) is 0 Å². The summed E-state index contributed by atoms with van der Waals surface area (Å²) in [4.78, 5) is 14.2. The van der Waals surface area contributed by atoms with E-state index in [0.717, 1.165) is 19.3 Å². The molecule has 110 valence electrons. The molecule has 0 aromatic heterocycles. The third kappa shape index (κ3) is 2.87. The lowest BCUT2D eigenvalue weighted by Crippen LogP contribution is -2.55. The van der Waals surface area contributed by atoms with Gasteiger partial charge in [-0.1, -0.05) is 0 Å². The third-order valence-electron chi connectivity index (χ3n) is 4.19. The van der Waals surface area contributed by atoms with Gasteiger partial charge in [-0.15, -0.1) is 0 Å². The van der Waals surface area contributed by atoms with E-state index in [1.807, 2.05) is 25.7 Å². The number of nitrogens with zero attached hydrogens (tertiary/aromatic N) is 1. The van der Waals surface area contributed by atoms with Gasteiger partial charge in [0.1, 0.15) is 5.60 Å². The molecule has 0 bridgehead atoms. The van der Waals surface area contributed by atoms with Gasteiger partial charge in [0.15, 0.2) is 0 Å². The summed E-state index contributed by atoms with van der Waals surface area (Å²) >= 11 is 0. The lowest BCUT2D eigenvalue weighted by Gasteiger charge is -2.44. The van der Waals surface area contributed by atoms with Crippen LogP contribution in [0.25, 0.3) is 0 Å². The van der Waals surface area contributed by atoms with Crippen LogP contribution in [0, 0.1) is 5.92 Å². The van der Waals surface area contributed by atoms with Crippen LogP contribution >= 0.6 is 0 Å². The first-order valence-electron chi connectivity index (χ1n) is 7.08. The zero-order chi connectivity index (χ0) is 14.1. The van der Waals surface area contributed by atoms with Crippen LogP contribution in [0.1, 0.15) is 40.0 Å². The van der Waals surface area contributed by atoms with Crippen LogP contribution < -0.4 is 0 Å². The van der Waals surface area contributed by atoms with E-state index in [1.54, 1.807) is 0 Å². The van der Waals surface area contributed by atoms with Gasteiger partial charge in [-0.05, 0) is 40.0 Å². The van der Waals surface area contributed by atoms with Crippen molar-refractivity contribution >= 4 is 6.09 Å². The van der Waals surface area contributed by atoms with Crippen molar-refractivity contribution in [1.82, 2.24) is 4.90 Å². The molecule has 2 aliphatic heterocycles. The third-order valence-corrected chi connectivity index (χ3v) is 4.19. The molecule has 0 aromatic rings. The highest BCUT2D eigenvalue weighted by atomic mass is 16.6. The maximum absolute atomic E-state index is 12.4. The van der Waals surface area contributed by atoms with Gasteiger partial charge in [0.2, 0.25) is 0 Å². The van der Waals surface area contributed by atoms with Crippen LogP contribution in [0.2, 0.25) is 0 Å². The minimum Gasteiger partial charge on any atom is -0.444 e. The van der Waals surface area contributed by atoms with Gasteiger partial charge in [0.25, 0.3) is 0 Å². The summed E-state index contributed by atoms with van der Waals surface area (Å²) in [6, 6.07) is 0. The molecule has 0 aliphatic carbocycles. The highest BCUT2D eigenvalue weighted by molar-refractivity contribution is 5.70. The van der Waals surface area contributed by atoms with Crippen molar-refractivity contribution in [1.29, 1.82) is 0 Å². The maximum atomic E-state index is 12.4. The van der Waals surface area contributed by atoms with E-state index in [2.05, 4.69) is 0 Å². The lowest BCUT2D eigenvalue weighted by atomic mass is 9.79. The molecule has 1 amide bonds. The van der Waals surface area contributed by atoms with E-state index >= 15 is 0 Å². The molecule has 1 N–H and O–H groups in total. The van der Waals surface area contributed by atoms with E-state index in [4.69, 9.17) is 9.47 Å². The van der Waals surface area contributed by atoms with Gasteiger partial charge in [-0.25, -0.2) is 4.79 Å². The second kappa shape index (κ2) is 5.29. The molecule has 1 atom stereocenters. The number of likely N-dealkylation sites (tertiary alicyclic amines) is 1. The Hall–Kier alpha value is -0.810. The van der Waals surface area contributed by atoms with Gasteiger partial charge >= 0.3 is 6.09 Å². The molecule has 5 nitrogen and oxygen atoms in total. The van der Waals surface area contributed by atoms with Gasteiger partial charge in [-0.2, -0.15) is 0 Å². The molecule has 2 saturated heterocycles. The molecular weight excluding hydrogens is 246 g/mol. The highest BCUT2D eigenvalue weighted by Crippen LogP contribution is 2.42. The number of aliphatic hydroxyl groups is 1. The van der Waals surface area contributed by atoms with Crippen LogP contribution in [0.5, 0.6) is 0 Å². The summed E-state index contributed by atoms with van der Waals surface area (Å²) in [7, 11) is 0. The average molecular weight is 271 g/mol. The Morgan fingerprint density at radius 2 is 2.05 bits per heavy atom. The molecule has 1 spiro atoms. The fourth-order valence-electron chi connectivity index (χ4n) is 3.25. The zero-order valence-electron chi connectivity index (χ0n) is 12.1. The van der Waals surface area contributed by atoms with Crippen molar-refractivity contribution in [2.75, 3.05) is 26.4 Å². The molecule has 2 heterocycles. The summed E-state index contributed by atoms with van der Waals surface area (Å²) in [5.74, 6) is 0.143. The van der Waals surface area contributed by atoms with E-state index in [0.29, 0.717) is 19.8 Å². The van der Waals surface area contributed by atoms with E-state index in [9.17, 15) is 9.90 Å². The molecule has 19 heavy (non-hydrogen) atoms. The van der Waals surface area contributed by atoms with Crippen LogP contribution in [-0.4, -0.2) is 53.6 Å². The number of amides is 1. The monoisotopic (exact) mass is 271 g/mol. The zero-order valence-corrected chi connectivity index (χ0v) is 12.1. The predicted molar refractivity (Wildman–Crippen MR) is 70.9 cm³/mol. The van der Waals surface area contributed by atoms with E-state index < -0.39 is 5.60 Å². The van der Waals surface area contributed by atoms with Gasteiger partial charge in [0.05, 0.1) is 5.54 Å². The van der Waals surface area contributed by atoms with Crippen molar-refractivity contribution in [3.8, 4) is 0 Å². The van der Waals surface area contributed by atoms with Crippen LogP contribution in [0.15, 0.2) is 0 Å². The number of aliphatic hydroxyl groups excluding tert-OH is 1. The predicted octanol–water partition coefficient (Wildman–Crippen LogP) is 1.78. The standard InChI is InChI=1S/C14H25NO4/c1-13(2,3)19-12(17)15-7-4-11(10-16)14(15)5-8-18-9-6-14/h11,16H,4-10H2,1-3H3. The molecule has 0 radical (unpaired) electrons. The molecule has 5 heteroatoms. The lowest BCUT2D eigenvalue weighted by molar-refractivity contribution is -0.0488. The van der Waals surface area contributed by atoms with Gasteiger partial charge < -0.3 is 19.5 Å². The second-order valence-corrected chi connectivity index (χ2v) is 6.52. The molecular formula is C14H25NO4. The number of hydrogen-bond acceptors (Lipinski definition) is 4. The molecule has 2 aliphatic rings. The van der Waals surface area contributed by atoms with Gasteiger partial charge in [-0.3, -0.25) is 0 Å². The fourth-order valence-corrected chi connectivity index (χ4v) is 3.25. The van der Waals surface area contributed by atoms with Gasteiger partial charge in [0, 0.05) is 32.3 Å². The average Bonchev–Trinajstić information content (AvgIpc) is 2.66. The number of rotatable bonds is 1. The summed E-state index contributed by atoms with van der Waals surface area (Å²) in [6.07, 6.45) is 2.16.